The average Bonchev–Trinajstić information content (AvgIpc) is 3.06. The zero-order chi connectivity index (χ0) is 14.8. The number of nitrogens with zero attached hydrogens (tertiary/aromatic N) is 3. The minimum atomic E-state index is -0.723. The van der Waals surface area contributed by atoms with Crippen LogP contribution in [-0.2, 0) is 18.4 Å². The first kappa shape index (κ1) is 13.8. The molecule has 0 bridgehead atoms. The average molecular weight is 285 g/mol. The van der Waals surface area contributed by atoms with Crippen LogP contribution in [0.2, 0.25) is 0 Å². The van der Waals surface area contributed by atoms with Crippen molar-refractivity contribution in [1.82, 2.24) is 14.7 Å². The summed E-state index contributed by atoms with van der Waals surface area (Å²) >= 11 is 0. The second-order valence-electron chi connectivity index (χ2n) is 5.68. The summed E-state index contributed by atoms with van der Waals surface area (Å²) in [5.41, 5.74) is 2.23. The van der Waals surface area contributed by atoms with Gasteiger partial charge >= 0.3 is 5.97 Å². The lowest BCUT2D eigenvalue weighted by Gasteiger charge is -2.15. The van der Waals surface area contributed by atoms with Gasteiger partial charge in [0.05, 0.1) is 12.1 Å². The number of carboxylic acid groups (broad SMARTS) is 1. The molecule has 0 spiro atoms. The van der Waals surface area contributed by atoms with Crippen molar-refractivity contribution in [1.29, 1.82) is 0 Å². The van der Waals surface area contributed by atoms with Gasteiger partial charge in [-0.05, 0) is 11.1 Å². The van der Waals surface area contributed by atoms with E-state index in [1.165, 1.54) is 5.56 Å². The van der Waals surface area contributed by atoms with E-state index in [0.29, 0.717) is 6.54 Å². The number of aromatic nitrogens is 2. The van der Waals surface area contributed by atoms with Gasteiger partial charge in [0.2, 0.25) is 0 Å². The number of aryl methyl sites for hydroxylation is 1. The standard InChI is InChI=1S/C16H19N3O2/c1-18-9-13(7-17-18)14-10-19(11-15(14)16(20)21)8-12-5-3-2-4-6-12/h2-7,9,14-15H,8,10-11H2,1H3,(H,20,21)/t14-,15+/m0/s1. The molecule has 2 heterocycles. The fourth-order valence-corrected chi connectivity index (χ4v) is 3.08. The maximum absolute atomic E-state index is 11.5. The third-order valence-electron chi connectivity index (χ3n) is 4.11. The molecule has 1 saturated heterocycles. The predicted octanol–water partition coefficient (Wildman–Crippen LogP) is 1.72. The highest BCUT2D eigenvalue weighted by Crippen LogP contribution is 2.33. The van der Waals surface area contributed by atoms with Crippen LogP contribution in [0, 0.1) is 5.92 Å². The highest BCUT2D eigenvalue weighted by atomic mass is 16.4. The summed E-state index contributed by atoms with van der Waals surface area (Å²) in [4.78, 5) is 13.8. The van der Waals surface area contributed by atoms with Crippen LogP contribution in [0.5, 0.6) is 0 Å². The van der Waals surface area contributed by atoms with E-state index < -0.39 is 5.97 Å². The Hall–Kier alpha value is -2.14. The van der Waals surface area contributed by atoms with Crippen LogP contribution in [0.4, 0.5) is 0 Å². The van der Waals surface area contributed by atoms with Gasteiger partial charge in [0, 0.05) is 38.8 Å². The van der Waals surface area contributed by atoms with Gasteiger partial charge in [0.25, 0.3) is 0 Å². The number of hydrogen-bond acceptors (Lipinski definition) is 3. The Bertz CT molecular complexity index is 623. The number of aliphatic carboxylic acids is 1. The molecule has 21 heavy (non-hydrogen) atoms. The number of likely N-dealkylation sites (tertiary alicyclic amines) is 1. The zero-order valence-corrected chi connectivity index (χ0v) is 12.0. The Morgan fingerprint density at radius 1 is 1.33 bits per heavy atom. The molecule has 1 aromatic heterocycles. The molecule has 1 N–H and O–H groups in total. The largest absolute Gasteiger partial charge is 0.481 e. The molecule has 5 heteroatoms. The molecule has 1 aliphatic heterocycles. The van der Waals surface area contributed by atoms with Gasteiger partial charge in [-0.3, -0.25) is 14.4 Å². The molecule has 0 aliphatic carbocycles. The summed E-state index contributed by atoms with van der Waals surface area (Å²) in [7, 11) is 1.86. The van der Waals surface area contributed by atoms with E-state index in [0.717, 1.165) is 18.7 Å². The van der Waals surface area contributed by atoms with Gasteiger partial charge in [-0.25, -0.2) is 0 Å². The summed E-state index contributed by atoms with van der Waals surface area (Å²) in [6.07, 6.45) is 3.71. The first-order chi connectivity index (χ1) is 10.1. The Kier molecular flexibility index (Phi) is 3.75. The van der Waals surface area contributed by atoms with Crippen molar-refractivity contribution in [2.75, 3.05) is 13.1 Å². The lowest BCUT2D eigenvalue weighted by atomic mass is 9.91. The predicted molar refractivity (Wildman–Crippen MR) is 78.8 cm³/mol. The van der Waals surface area contributed by atoms with Crippen LogP contribution in [0.25, 0.3) is 0 Å². The molecule has 1 fully saturated rings. The fourth-order valence-electron chi connectivity index (χ4n) is 3.08. The molecule has 5 nitrogen and oxygen atoms in total. The first-order valence-electron chi connectivity index (χ1n) is 7.11. The molecule has 2 aromatic rings. The molecule has 1 aliphatic rings. The summed E-state index contributed by atoms with van der Waals surface area (Å²) in [6.45, 7) is 2.14. The van der Waals surface area contributed by atoms with E-state index in [1.807, 2.05) is 31.4 Å². The smallest absolute Gasteiger partial charge is 0.308 e. The van der Waals surface area contributed by atoms with E-state index in [1.54, 1.807) is 10.9 Å². The van der Waals surface area contributed by atoms with Gasteiger partial charge in [-0.2, -0.15) is 5.10 Å². The van der Waals surface area contributed by atoms with Crippen molar-refractivity contribution in [3.8, 4) is 0 Å². The molecule has 1 aromatic carbocycles. The van der Waals surface area contributed by atoms with E-state index in [-0.39, 0.29) is 11.8 Å². The summed E-state index contributed by atoms with van der Waals surface area (Å²) in [5, 5.41) is 13.7. The Labute approximate surface area is 123 Å². The highest BCUT2D eigenvalue weighted by Gasteiger charge is 2.38. The van der Waals surface area contributed by atoms with E-state index in [2.05, 4.69) is 22.1 Å². The van der Waals surface area contributed by atoms with Crippen molar-refractivity contribution in [2.24, 2.45) is 13.0 Å². The monoisotopic (exact) mass is 285 g/mol. The summed E-state index contributed by atoms with van der Waals surface area (Å²) in [5.74, 6) is -1.07. The molecule has 110 valence electrons. The number of carbonyl (C=O) groups is 1. The number of rotatable bonds is 4. The second-order valence-corrected chi connectivity index (χ2v) is 5.68. The first-order valence-corrected chi connectivity index (χ1v) is 7.11. The number of carboxylic acids is 1. The third kappa shape index (κ3) is 2.97. The van der Waals surface area contributed by atoms with Crippen LogP contribution in [0.15, 0.2) is 42.7 Å². The zero-order valence-electron chi connectivity index (χ0n) is 12.0. The van der Waals surface area contributed by atoms with Crippen molar-refractivity contribution in [3.05, 3.63) is 53.9 Å². The topological polar surface area (TPSA) is 58.4 Å². The molecular weight excluding hydrogens is 266 g/mol. The normalized spacial score (nSPS) is 22.5. The molecule has 3 rings (SSSR count). The molecule has 0 amide bonds. The summed E-state index contributed by atoms with van der Waals surface area (Å²) in [6, 6.07) is 10.2. The second kappa shape index (κ2) is 5.69. The minimum Gasteiger partial charge on any atom is -0.481 e. The van der Waals surface area contributed by atoms with Crippen molar-refractivity contribution in [2.45, 2.75) is 12.5 Å². The van der Waals surface area contributed by atoms with Gasteiger partial charge in [-0.1, -0.05) is 30.3 Å². The maximum atomic E-state index is 11.5. The molecule has 0 unspecified atom stereocenters. The Morgan fingerprint density at radius 3 is 2.71 bits per heavy atom. The van der Waals surface area contributed by atoms with Gasteiger partial charge in [0.1, 0.15) is 0 Å². The quantitative estimate of drug-likeness (QED) is 0.929. The number of hydrogen-bond donors (Lipinski definition) is 1. The fraction of sp³-hybridized carbons (Fsp3) is 0.375. The van der Waals surface area contributed by atoms with E-state index in [9.17, 15) is 9.90 Å². The van der Waals surface area contributed by atoms with E-state index in [4.69, 9.17) is 0 Å². The summed E-state index contributed by atoms with van der Waals surface area (Å²) < 4.78 is 1.73. The van der Waals surface area contributed by atoms with Crippen LogP contribution >= 0.6 is 0 Å². The van der Waals surface area contributed by atoms with Gasteiger partial charge < -0.3 is 5.11 Å². The van der Waals surface area contributed by atoms with Crippen LogP contribution < -0.4 is 0 Å². The number of benzene rings is 1. The van der Waals surface area contributed by atoms with Crippen LogP contribution in [-0.4, -0.2) is 38.8 Å². The lowest BCUT2D eigenvalue weighted by Crippen LogP contribution is -2.23. The van der Waals surface area contributed by atoms with Crippen molar-refractivity contribution >= 4 is 5.97 Å². The van der Waals surface area contributed by atoms with Crippen molar-refractivity contribution in [3.63, 3.8) is 0 Å². The molecule has 0 radical (unpaired) electrons. The van der Waals surface area contributed by atoms with Crippen molar-refractivity contribution < 1.29 is 9.90 Å². The Morgan fingerprint density at radius 2 is 2.10 bits per heavy atom. The van der Waals surface area contributed by atoms with Gasteiger partial charge in [-0.15, -0.1) is 0 Å². The third-order valence-corrected chi connectivity index (χ3v) is 4.11. The molecular formula is C16H19N3O2. The van der Waals surface area contributed by atoms with Crippen LogP contribution in [0.3, 0.4) is 0 Å². The molecule has 0 saturated carbocycles. The SMILES string of the molecule is Cn1cc([C@@H]2CN(Cc3ccccc3)C[C@H]2C(=O)O)cn1. The maximum Gasteiger partial charge on any atom is 0.308 e. The molecule has 2 atom stereocenters. The van der Waals surface area contributed by atoms with Crippen LogP contribution in [0.1, 0.15) is 17.0 Å². The lowest BCUT2D eigenvalue weighted by molar-refractivity contribution is -0.141. The Balaban J connectivity index is 1.76. The highest BCUT2D eigenvalue weighted by molar-refractivity contribution is 5.72. The minimum absolute atomic E-state index is 0.0138. The van der Waals surface area contributed by atoms with Gasteiger partial charge in [0.15, 0.2) is 0 Å². The van der Waals surface area contributed by atoms with E-state index >= 15 is 0 Å².